The van der Waals surface area contributed by atoms with E-state index in [-0.39, 0.29) is 24.0 Å². The van der Waals surface area contributed by atoms with Crippen LogP contribution in [0.25, 0.3) is 23.4 Å². The molecule has 0 N–H and O–H groups in total. The predicted octanol–water partition coefficient (Wildman–Crippen LogP) is 6.84. The molecule has 1 aromatic heterocycles. The van der Waals surface area contributed by atoms with Crippen LogP contribution in [0.3, 0.4) is 0 Å². The van der Waals surface area contributed by atoms with Crippen molar-refractivity contribution in [2.24, 2.45) is 0 Å². The fraction of sp³-hybridized carbons (Fsp3) is 0.261. The van der Waals surface area contributed by atoms with Crippen molar-refractivity contribution in [2.75, 3.05) is 24.6 Å². The molecule has 2 aromatic carbocycles. The smallest absolute Gasteiger partial charge is 0.119 e. The Hall–Kier alpha value is -1.86. The average molecular weight is 506 g/mol. The second-order valence-corrected chi connectivity index (χ2v) is 7.02. The first-order valence-corrected chi connectivity index (χ1v) is 10.3. The summed E-state index contributed by atoms with van der Waals surface area (Å²) in [6.45, 7) is 9.09. The lowest BCUT2D eigenvalue weighted by atomic mass is 10.1. The highest BCUT2D eigenvalue weighted by atomic mass is 127. The minimum atomic E-state index is 0. The van der Waals surface area contributed by atoms with Gasteiger partial charge < -0.3 is 9.64 Å². The second-order valence-electron chi connectivity index (χ2n) is 6.13. The molecule has 0 amide bonds. The van der Waals surface area contributed by atoms with Crippen molar-refractivity contribution in [2.45, 2.75) is 20.8 Å². The molecule has 3 aromatic rings. The number of thiazole rings is 1. The van der Waals surface area contributed by atoms with E-state index in [0.29, 0.717) is 6.61 Å². The molecular weight excluding hydrogens is 479 g/mol. The molecule has 0 aliphatic carbocycles. The molecule has 28 heavy (non-hydrogen) atoms. The molecule has 0 fully saturated rings. The van der Waals surface area contributed by atoms with Crippen LogP contribution in [0.1, 0.15) is 31.3 Å². The maximum absolute atomic E-state index is 5.49. The molecule has 0 radical (unpaired) electrons. The summed E-state index contributed by atoms with van der Waals surface area (Å²) in [7, 11) is 0. The summed E-state index contributed by atoms with van der Waals surface area (Å²) in [5.41, 5.74) is 4.56. The summed E-state index contributed by atoms with van der Waals surface area (Å²) < 4.78 is 5.49. The number of hydrogen-bond acceptors (Lipinski definition) is 4. The molecule has 1 heterocycles. The minimum Gasteiger partial charge on any atom is -0.494 e. The molecule has 0 saturated carbocycles. The monoisotopic (exact) mass is 506 g/mol. The van der Waals surface area contributed by atoms with Gasteiger partial charge in [0, 0.05) is 29.7 Å². The van der Waals surface area contributed by atoms with Crippen molar-refractivity contribution in [1.29, 1.82) is 0 Å². The highest BCUT2D eigenvalue weighted by molar-refractivity contribution is 14.0. The largest absolute Gasteiger partial charge is 0.494 e. The third-order valence-electron chi connectivity index (χ3n) is 4.42. The zero-order valence-electron chi connectivity index (χ0n) is 16.6. The fourth-order valence-corrected chi connectivity index (χ4v) is 3.66. The van der Waals surface area contributed by atoms with Gasteiger partial charge in [0.25, 0.3) is 0 Å². The summed E-state index contributed by atoms with van der Waals surface area (Å²) in [5.74, 6) is 0.893. The Labute approximate surface area is 189 Å². The Balaban J connectivity index is 0.00000280. The number of halogens is 1. The number of hydrogen-bond donors (Lipinski definition) is 0. The molecular formula is C23H27IN2OS. The van der Waals surface area contributed by atoms with Crippen molar-refractivity contribution in [3.05, 3.63) is 64.5 Å². The average Bonchev–Trinajstić information content (AvgIpc) is 3.18. The molecule has 0 aliphatic heterocycles. The lowest BCUT2D eigenvalue weighted by molar-refractivity contribution is 0.340. The molecule has 148 valence electrons. The molecule has 0 saturated heterocycles. The highest BCUT2D eigenvalue weighted by Gasteiger charge is 2.04. The van der Waals surface area contributed by atoms with E-state index < -0.39 is 0 Å². The first kappa shape index (κ1) is 22.4. The summed E-state index contributed by atoms with van der Waals surface area (Å²) in [5, 5.41) is 3.10. The molecule has 0 spiro atoms. The molecule has 0 aliphatic rings. The van der Waals surface area contributed by atoms with Crippen LogP contribution in [0, 0.1) is 0 Å². The Morgan fingerprint density at radius 3 is 2.21 bits per heavy atom. The van der Waals surface area contributed by atoms with Crippen LogP contribution < -0.4 is 9.64 Å². The zero-order chi connectivity index (χ0) is 19.1. The lowest BCUT2D eigenvalue weighted by Gasteiger charge is -2.20. The molecule has 3 nitrogen and oxygen atoms in total. The SMILES string of the molecule is CCOc1ccc(-c2csc(C=Cc3ccc(N(CC)CC)cc3)n2)cc1.I. The van der Waals surface area contributed by atoms with Crippen molar-refractivity contribution in [3.63, 3.8) is 0 Å². The zero-order valence-corrected chi connectivity index (χ0v) is 19.7. The molecule has 0 bridgehead atoms. The summed E-state index contributed by atoms with van der Waals surface area (Å²) in [6, 6.07) is 16.8. The number of benzene rings is 2. The molecule has 5 heteroatoms. The van der Waals surface area contributed by atoms with Gasteiger partial charge in [-0.25, -0.2) is 4.98 Å². The van der Waals surface area contributed by atoms with E-state index in [4.69, 9.17) is 9.72 Å². The van der Waals surface area contributed by atoms with E-state index in [9.17, 15) is 0 Å². The van der Waals surface area contributed by atoms with Gasteiger partial charge in [0.1, 0.15) is 10.8 Å². The van der Waals surface area contributed by atoms with Gasteiger partial charge in [0.05, 0.1) is 12.3 Å². The van der Waals surface area contributed by atoms with Gasteiger partial charge >= 0.3 is 0 Å². The maximum Gasteiger partial charge on any atom is 0.119 e. The van der Waals surface area contributed by atoms with Crippen LogP contribution >= 0.6 is 35.3 Å². The van der Waals surface area contributed by atoms with E-state index in [2.05, 4.69) is 72.7 Å². The second kappa shape index (κ2) is 11.2. The van der Waals surface area contributed by atoms with E-state index in [1.807, 2.05) is 19.1 Å². The van der Waals surface area contributed by atoms with Crippen molar-refractivity contribution < 1.29 is 4.74 Å². The van der Waals surface area contributed by atoms with Crippen molar-refractivity contribution >= 4 is 53.2 Å². The van der Waals surface area contributed by atoms with E-state index >= 15 is 0 Å². The molecule has 3 rings (SSSR count). The normalized spacial score (nSPS) is 10.7. The standard InChI is InChI=1S/C23H26N2OS.HI/c1-4-25(5-2)20-12-7-18(8-13-20)9-16-23-24-22(17-27-23)19-10-14-21(15-11-19)26-6-3;/h7-17H,4-6H2,1-3H3;1H. The third-order valence-corrected chi connectivity index (χ3v) is 5.23. The van der Waals surface area contributed by atoms with Crippen LogP contribution in [0.15, 0.2) is 53.9 Å². The van der Waals surface area contributed by atoms with Gasteiger partial charge in [-0.15, -0.1) is 35.3 Å². The Morgan fingerprint density at radius 1 is 0.929 bits per heavy atom. The number of rotatable bonds is 8. The van der Waals surface area contributed by atoms with Crippen LogP contribution in [0.5, 0.6) is 5.75 Å². The van der Waals surface area contributed by atoms with Crippen molar-refractivity contribution in [3.8, 4) is 17.0 Å². The number of ether oxygens (including phenoxy) is 1. The Bertz CT molecular complexity index is 868. The van der Waals surface area contributed by atoms with Crippen LogP contribution in [0.4, 0.5) is 5.69 Å². The number of aromatic nitrogens is 1. The maximum atomic E-state index is 5.49. The first-order valence-electron chi connectivity index (χ1n) is 9.45. The van der Waals surface area contributed by atoms with E-state index in [0.717, 1.165) is 35.1 Å². The highest BCUT2D eigenvalue weighted by Crippen LogP contribution is 2.25. The van der Waals surface area contributed by atoms with Gasteiger partial charge in [0.2, 0.25) is 0 Å². The van der Waals surface area contributed by atoms with Gasteiger partial charge in [-0.2, -0.15) is 0 Å². The van der Waals surface area contributed by atoms with Crippen LogP contribution in [-0.2, 0) is 0 Å². The third kappa shape index (κ3) is 5.82. The van der Waals surface area contributed by atoms with Crippen molar-refractivity contribution in [1.82, 2.24) is 4.98 Å². The summed E-state index contributed by atoms with van der Waals surface area (Å²) >= 11 is 1.66. The van der Waals surface area contributed by atoms with Gasteiger partial charge in [-0.1, -0.05) is 18.2 Å². The Morgan fingerprint density at radius 2 is 1.61 bits per heavy atom. The number of anilines is 1. The predicted molar refractivity (Wildman–Crippen MR) is 133 cm³/mol. The van der Waals surface area contributed by atoms with E-state index in [1.54, 1.807) is 11.3 Å². The van der Waals surface area contributed by atoms with Gasteiger partial charge in [-0.3, -0.25) is 0 Å². The molecule has 0 unspecified atom stereocenters. The van der Waals surface area contributed by atoms with Crippen LogP contribution in [-0.4, -0.2) is 24.7 Å². The first-order chi connectivity index (χ1) is 13.2. The summed E-state index contributed by atoms with van der Waals surface area (Å²) in [4.78, 5) is 7.07. The summed E-state index contributed by atoms with van der Waals surface area (Å²) in [6.07, 6.45) is 4.20. The molecule has 0 atom stereocenters. The fourth-order valence-electron chi connectivity index (χ4n) is 2.94. The van der Waals surface area contributed by atoms with Crippen LogP contribution in [0.2, 0.25) is 0 Å². The lowest BCUT2D eigenvalue weighted by Crippen LogP contribution is -2.21. The topological polar surface area (TPSA) is 25.4 Å². The number of nitrogens with zero attached hydrogens (tertiary/aromatic N) is 2. The minimum absolute atomic E-state index is 0. The Kier molecular flexibility index (Phi) is 8.99. The van der Waals surface area contributed by atoms with Gasteiger partial charge in [0.15, 0.2) is 0 Å². The van der Waals surface area contributed by atoms with Gasteiger partial charge in [-0.05, 0) is 68.8 Å². The van der Waals surface area contributed by atoms with E-state index in [1.165, 1.54) is 11.3 Å². The quantitative estimate of drug-likeness (QED) is 0.313.